The van der Waals surface area contributed by atoms with Gasteiger partial charge in [0.2, 0.25) is 5.91 Å². The fourth-order valence-electron chi connectivity index (χ4n) is 2.51. The van der Waals surface area contributed by atoms with E-state index in [2.05, 4.69) is 26.6 Å². The Labute approximate surface area is 188 Å². The molecule has 2 aromatic rings. The number of anilines is 2. The molecular weight excluding hydrogens is 468 g/mol. The Morgan fingerprint density at radius 1 is 0.903 bits per heavy atom. The summed E-state index contributed by atoms with van der Waals surface area (Å²) >= 11 is 3.35. The van der Waals surface area contributed by atoms with Gasteiger partial charge in [-0.15, -0.1) is 0 Å². The standard InChI is InChI=1S/C22H23BrN2O6/c1-3-30-22(29)15-4-7-17(8-5-15)24-20(27)13-31-21(28)11-10-19(26)25-18-9-6-16(23)12-14(18)2/h4-9,12H,3,10-11,13H2,1-2H3,(H,24,27)(H,25,26). The van der Waals surface area contributed by atoms with Crippen LogP contribution in [-0.2, 0) is 23.9 Å². The van der Waals surface area contributed by atoms with Gasteiger partial charge in [0.25, 0.3) is 5.91 Å². The molecule has 164 valence electrons. The second kappa shape index (κ2) is 11.8. The average Bonchev–Trinajstić information content (AvgIpc) is 2.73. The van der Waals surface area contributed by atoms with Crippen LogP contribution in [0.3, 0.4) is 0 Å². The normalized spacial score (nSPS) is 10.2. The summed E-state index contributed by atoms with van der Waals surface area (Å²) in [5, 5.41) is 5.28. The number of nitrogens with one attached hydrogen (secondary N) is 2. The van der Waals surface area contributed by atoms with Gasteiger partial charge in [-0.1, -0.05) is 15.9 Å². The number of halogens is 1. The van der Waals surface area contributed by atoms with Crippen LogP contribution in [0.2, 0.25) is 0 Å². The lowest BCUT2D eigenvalue weighted by Gasteiger charge is -2.09. The van der Waals surface area contributed by atoms with Gasteiger partial charge in [-0.05, 0) is 61.9 Å². The maximum atomic E-state index is 12.0. The predicted octanol–water partition coefficient (Wildman–Crippen LogP) is 3.83. The highest BCUT2D eigenvalue weighted by molar-refractivity contribution is 9.10. The number of hydrogen-bond donors (Lipinski definition) is 2. The van der Waals surface area contributed by atoms with E-state index in [1.165, 1.54) is 12.1 Å². The van der Waals surface area contributed by atoms with E-state index in [0.717, 1.165) is 10.0 Å². The molecule has 0 spiro atoms. The van der Waals surface area contributed by atoms with E-state index in [-0.39, 0.29) is 25.4 Å². The highest BCUT2D eigenvalue weighted by Gasteiger charge is 2.12. The van der Waals surface area contributed by atoms with E-state index < -0.39 is 24.5 Å². The zero-order valence-electron chi connectivity index (χ0n) is 17.2. The molecule has 0 unspecified atom stereocenters. The molecule has 9 heteroatoms. The van der Waals surface area contributed by atoms with Crippen LogP contribution in [0, 0.1) is 6.92 Å². The number of benzene rings is 2. The van der Waals surface area contributed by atoms with Crippen LogP contribution in [0.1, 0.15) is 35.7 Å². The molecule has 0 aliphatic carbocycles. The summed E-state index contributed by atoms with van der Waals surface area (Å²) in [6.07, 6.45) is -0.214. The first-order valence-electron chi connectivity index (χ1n) is 9.57. The summed E-state index contributed by atoms with van der Waals surface area (Å²) in [4.78, 5) is 47.3. The molecule has 2 aromatic carbocycles. The number of ether oxygens (including phenoxy) is 2. The van der Waals surface area contributed by atoms with Crippen LogP contribution in [0.15, 0.2) is 46.9 Å². The molecule has 31 heavy (non-hydrogen) atoms. The van der Waals surface area contributed by atoms with Crippen molar-refractivity contribution in [2.75, 3.05) is 23.8 Å². The van der Waals surface area contributed by atoms with Crippen molar-refractivity contribution in [3.8, 4) is 0 Å². The molecule has 0 aromatic heterocycles. The van der Waals surface area contributed by atoms with Gasteiger partial charge in [0, 0.05) is 22.3 Å². The molecule has 0 saturated carbocycles. The topological polar surface area (TPSA) is 111 Å². The molecule has 0 aliphatic rings. The smallest absolute Gasteiger partial charge is 0.338 e. The zero-order chi connectivity index (χ0) is 22.8. The molecule has 0 radical (unpaired) electrons. The van der Waals surface area contributed by atoms with Crippen molar-refractivity contribution in [1.82, 2.24) is 0 Å². The highest BCUT2D eigenvalue weighted by Crippen LogP contribution is 2.20. The Kier molecular flexibility index (Phi) is 9.20. The number of aryl methyl sites for hydroxylation is 1. The lowest BCUT2D eigenvalue weighted by atomic mass is 10.2. The fraction of sp³-hybridized carbons (Fsp3) is 0.273. The maximum absolute atomic E-state index is 12.0. The van der Waals surface area contributed by atoms with Crippen LogP contribution in [-0.4, -0.2) is 37.0 Å². The quantitative estimate of drug-likeness (QED) is 0.516. The number of carbonyl (C=O) groups is 4. The third-order valence-corrected chi connectivity index (χ3v) is 4.56. The van der Waals surface area contributed by atoms with E-state index >= 15 is 0 Å². The second-order valence-electron chi connectivity index (χ2n) is 6.51. The molecule has 2 rings (SSSR count). The molecule has 0 fully saturated rings. The molecule has 0 saturated heterocycles. The molecule has 0 bridgehead atoms. The van der Waals surface area contributed by atoms with Crippen molar-refractivity contribution in [3.63, 3.8) is 0 Å². The summed E-state index contributed by atoms with van der Waals surface area (Å²) in [5.41, 5.74) is 2.36. The minimum Gasteiger partial charge on any atom is -0.462 e. The SMILES string of the molecule is CCOC(=O)c1ccc(NC(=O)COC(=O)CCC(=O)Nc2ccc(Br)cc2C)cc1. The largest absolute Gasteiger partial charge is 0.462 e. The maximum Gasteiger partial charge on any atom is 0.338 e. The zero-order valence-corrected chi connectivity index (χ0v) is 18.8. The molecule has 2 N–H and O–H groups in total. The summed E-state index contributed by atoms with van der Waals surface area (Å²) in [6.45, 7) is 3.36. The van der Waals surface area contributed by atoms with Crippen LogP contribution < -0.4 is 10.6 Å². The molecule has 0 aliphatic heterocycles. The van der Waals surface area contributed by atoms with Gasteiger partial charge in [-0.25, -0.2) is 4.79 Å². The molecule has 0 heterocycles. The average molecular weight is 491 g/mol. The van der Waals surface area contributed by atoms with Gasteiger partial charge < -0.3 is 20.1 Å². The van der Waals surface area contributed by atoms with E-state index in [9.17, 15) is 19.2 Å². The predicted molar refractivity (Wildman–Crippen MR) is 119 cm³/mol. The minimum atomic E-state index is -0.657. The van der Waals surface area contributed by atoms with Gasteiger partial charge in [0.1, 0.15) is 0 Å². The Bertz CT molecular complexity index is 959. The van der Waals surface area contributed by atoms with Crippen LogP contribution in [0.5, 0.6) is 0 Å². The number of hydrogen-bond acceptors (Lipinski definition) is 6. The van der Waals surface area contributed by atoms with Gasteiger partial charge >= 0.3 is 11.9 Å². The Balaban J connectivity index is 1.71. The number of rotatable bonds is 9. The first-order valence-corrected chi connectivity index (χ1v) is 10.4. The first-order chi connectivity index (χ1) is 14.8. The van der Waals surface area contributed by atoms with E-state index in [4.69, 9.17) is 9.47 Å². The van der Waals surface area contributed by atoms with E-state index in [1.807, 2.05) is 13.0 Å². The molecular formula is C22H23BrN2O6. The third kappa shape index (κ3) is 8.21. The summed E-state index contributed by atoms with van der Waals surface area (Å²) in [6, 6.07) is 11.6. The van der Waals surface area contributed by atoms with E-state index in [1.54, 1.807) is 31.2 Å². The van der Waals surface area contributed by atoms with Gasteiger partial charge in [0.05, 0.1) is 18.6 Å². The second-order valence-corrected chi connectivity index (χ2v) is 7.43. The van der Waals surface area contributed by atoms with Crippen molar-refractivity contribution < 1.29 is 28.7 Å². The number of esters is 2. The van der Waals surface area contributed by atoms with Crippen LogP contribution >= 0.6 is 15.9 Å². The molecule has 0 atom stereocenters. The summed E-state index contributed by atoms with van der Waals surface area (Å²) in [5.74, 6) is -1.97. The fourth-order valence-corrected chi connectivity index (χ4v) is 2.99. The van der Waals surface area contributed by atoms with Crippen molar-refractivity contribution in [1.29, 1.82) is 0 Å². The molecule has 2 amide bonds. The van der Waals surface area contributed by atoms with E-state index in [0.29, 0.717) is 16.9 Å². The van der Waals surface area contributed by atoms with Crippen molar-refractivity contribution in [2.24, 2.45) is 0 Å². The van der Waals surface area contributed by atoms with Crippen LogP contribution in [0.4, 0.5) is 11.4 Å². The number of carbonyl (C=O) groups excluding carboxylic acids is 4. The number of amides is 2. The third-order valence-electron chi connectivity index (χ3n) is 4.06. The van der Waals surface area contributed by atoms with Crippen molar-refractivity contribution >= 4 is 51.1 Å². The lowest BCUT2D eigenvalue weighted by molar-refractivity contribution is -0.147. The van der Waals surface area contributed by atoms with Gasteiger partial charge in [-0.2, -0.15) is 0 Å². The van der Waals surface area contributed by atoms with Gasteiger partial charge in [-0.3, -0.25) is 14.4 Å². The lowest BCUT2D eigenvalue weighted by Crippen LogP contribution is -2.22. The van der Waals surface area contributed by atoms with Crippen molar-refractivity contribution in [2.45, 2.75) is 26.7 Å². The minimum absolute atomic E-state index is 0.0642. The summed E-state index contributed by atoms with van der Waals surface area (Å²) < 4.78 is 10.7. The monoisotopic (exact) mass is 490 g/mol. The van der Waals surface area contributed by atoms with Crippen LogP contribution in [0.25, 0.3) is 0 Å². The first kappa shape index (κ1) is 24.1. The highest BCUT2D eigenvalue weighted by atomic mass is 79.9. The van der Waals surface area contributed by atoms with Gasteiger partial charge in [0.15, 0.2) is 6.61 Å². The Hall–Kier alpha value is -3.20. The van der Waals surface area contributed by atoms with Crippen molar-refractivity contribution in [3.05, 3.63) is 58.1 Å². The summed E-state index contributed by atoms with van der Waals surface area (Å²) in [7, 11) is 0. The molecule has 8 nitrogen and oxygen atoms in total. The Morgan fingerprint density at radius 3 is 2.26 bits per heavy atom. The Morgan fingerprint density at radius 2 is 1.61 bits per heavy atom.